The van der Waals surface area contributed by atoms with Crippen molar-refractivity contribution in [3.8, 4) is 0 Å². The molecule has 1 aliphatic heterocycles. The zero-order valence-electron chi connectivity index (χ0n) is 8.83. The lowest BCUT2D eigenvalue weighted by atomic mass is 10.1. The highest BCUT2D eigenvalue weighted by Crippen LogP contribution is 2.27. The van der Waals surface area contributed by atoms with Gasteiger partial charge in [-0.2, -0.15) is 0 Å². The van der Waals surface area contributed by atoms with Crippen LogP contribution in [0.5, 0.6) is 0 Å². The Morgan fingerprint density at radius 3 is 3.00 bits per heavy atom. The Hall–Kier alpha value is -1.71. The lowest BCUT2D eigenvalue weighted by Crippen LogP contribution is -2.30. The van der Waals surface area contributed by atoms with Crippen molar-refractivity contribution in [2.75, 3.05) is 24.3 Å². The van der Waals surface area contributed by atoms with Crippen LogP contribution in [0.15, 0.2) is 18.2 Å². The van der Waals surface area contributed by atoms with Crippen molar-refractivity contribution in [2.45, 2.75) is 13.0 Å². The Morgan fingerprint density at radius 1 is 1.47 bits per heavy atom. The largest absolute Gasteiger partial charge is 0.465 e. The summed E-state index contributed by atoms with van der Waals surface area (Å²) in [5, 5.41) is 6.59. The van der Waals surface area contributed by atoms with Gasteiger partial charge in [0.2, 0.25) is 0 Å². The van der Waals surface area contributed by atoms with Crippen molar-refractivity contribution in [2.24, 2.45) is 0 Å². The Kier molecular flexibility index (Phi) is 2.49. The molecular formula is C11H14N2O2. The maximum Gasteiger partial charge on any atom is 0.337 e. The Morgan fingerprint density at radius 2 is 2.27 bits per heavy atom. The van der Waals surface area contributed by atoms with E-state index in [2.05, 4.69) is 22.3 Å². The number of nitrogens with one attached hydrogen (secondary N) is 2. The van der Waals surface area contributed by atoms with Gasteiger partial charge in [0.25, 0.3) is 0 Å². The number of rotatable bonds is 1. The van der Waals surface area contributed by atoms with E-state index < -0.39 is 0 Å². The highest BCUT2D eigenvalue weighted by Gasteiger charge is 2.15. The van der Waals surface area contributed by atoms with E-state index in [1.807, 2.05) is 12.1 Å². The number of hydrogen-bond donors (Lipinski definition) is 2. The van der Waals surface area contributed by atoms with Gasteiger partial charge in [-0.3, -0.25) is 0 Å². The zero-order valence-corrected chi connectivity index (χ0v) is 8.83. The molecule has 0 amide bonds. The average molecular weight is 206 g/mol. The van der Waals surface area contributed by atoms with Gasteiger partial charge in [-0.1, -0.05) is 0 Å². The van der Waals surface area contributed by atoms with E-state index in [9.17, 15) is 4.79 Å². The smallest absolute Gasteiger partial charge is 0.337 e. The molecule has 0 fully saturated rings. The first kappa shape index (κ1) is 9.83. The molecule has 1 heterocycles. The molecule has 0 bridgehead atoms. The van der Waals surface area contributed by atoms with Crippen molar-refractivity contribution in [3.05, 3.63) is 23.8 Å². The first-order chi connectivity index (χ1) is 7.20. The van der Waals surface area contributed by atoms with Gasteiger partial charge < -0.3 is 15.4 Å². The molecule has 2 N–H and O–H groups in total. The molecule has 0 radical (unpaired) electrons. The van der Waals surface area contributed by atoms with E-state index in [1.54, 1.807) is 6.07 Å². The average Bonchev–Trinajstić information content (AvgIpc) is 2.27. The van der Waals surface area contributed by atoms with Crippen molar-refractivity contribution in [1.29, 1.82) is 0 Å². The van der Waals surface area contributed by atoms with Crippen LogP contribution in [-0.4, -0.2) is 25.7 Å². The van der Waals surface area contributed by atoms with Crippen molar-refractivity contribution in [1.82, 2.24) is 0 Å². The quantitative estimate of drug-likeness (QED) is 0.687. The lowest BCUT2D eigenvalue weighted by molar-refractivity contribution is 0.0601. The third-order valence-corrected chi connectivity index (χ3v) is 2.44. The summed E-state index contributed by atoms with van der Waals surface area (Å²) < 4.78 is 4.67. The highest BCUT2D eigenvalue weighted by molar-refractivity contribution is 5.92. The maximum absolute atomic E-state index is 11.3. The molecule has 1 atom stereocenters. The number of benzene rings is 1. The van der Waals surface area contributed by atoms with Gasteiger partial charge in [0, 0.05) is 12.6 Å². The molecule has 0 aliphatic carbocycles. The van der Waals surface area contributed by atoms with Crippen molar-refractivity contribution >= 4 is 17.3 Å². The van der Waals surface area contributed by atoms with Gasteiger partial charge in [0.05, 0.1) is 24.0 Å². The normalized spacial score (nSPS) is 18.4. The van der Waals surface area contributed by atoms with Gasteiger partial charge in [-0.05, 0) is 25.1 Å². The van der Waals surface area contributed by atoms with E-state index >= 15 is 0 Å². The van der Waals surface area contributed by atoms with E-state index in [1.165, 1.54) is 7.11 Å². The number of fused-ring (bicyclic) bond motifs is 1. The second-order valence-electron chi connectivity index (χ2n) is 3.68. The lowest BCUT2D eigenvalue weighted by Gasteiger charge is -2.25. The van der Waals surface area contributed by atoms with Crippen LogP contribution < -0.4 is 10.6 Å². The molecule has 1 aromatic rings. The molecule has 1 aliphatic rings. The Labute approximate surface area is 88.6 Å². The molecule has 2 rings (SSSR count). The van der Waals surface area contributed by atoms with Crippen LogP contribution >= 0.6 is 0 Å². The zero-order chi connectivity index (χ0) is 10.8. The first-order valence-electron chi connectivity index (χ1n) is 4.93. The fourth-order valence-corrected chi connectivity index (χ4v) is 1.64. The van der Waals surface area contributed by atoms with E-state index in [0.29, 0.717) is 11.6 Å². The summed E-state index contributed by atoms with van der Waals surface area (Å²) in [4.78, 5) is 11.3. The fourth-order valence-electron chi connectivity index (χ4n) is 1.64. The molecule has 80 valence electrons. The van der Waals surface area contributed by atoms with Crippen LogP contribution in [0.2, 0.25) is 0 Å². The number of methoxy groups -OCH3 is 1. The highest BCUT2D eigenvalue weighted by atomic mass is 16.5. The Balaban J connectivity index is 2.32. The van der Waals surface area contributed by atoms with Crippen molar-refractivity contribution in [3.63, 3.8) is 0 Å². The van der Waals surface area contributed by atoms with E-state index in [4.69, 9.17) is 0 Å². The molecular weight excluding hydrogens is 192 g/mol. The van der Waals surface area contributed by atoms with Crippen LogP contribution in [0.25, 0.3) is 0 Å². The van der Waals surface area contributed by atoms with Gasteiger partial charge in [-0.25, -0.2) is 4.79 Å². The summed E-state index contributed by atoms with van der Waals surface area (Å²) in [6.45, 7) is 2.98. The number of anilines is 2. The minimum absolute atomic E-state index is 0.308. The van der Waals surface area contributed by atoms with Crippen LogP contribution in [0.3, 0.4) is 0 Å². The molecule has 0 saturated heterocycles. The monoisotopic (exact) mass is 206 g/mol. The van der Waals surface area contributed by atoms with Gasteiger partial charge in [0.1, 0.15) is 0 Å². The number of ether oxygens (including phenoxy) is 1. The Bertz CT molecular complexity index is 390. The SMILES string of the molecule is COC(=O)c1ccc2c(c1)NC(C)CN2. The fraction of sp³-hybridized carbons (Fsp3) is 0.364. The molecule has 0 saturated carbocycles. The topological polar surface area (TPSA) is 50.4 Å². The molecule has 1 unspecified atom stereocenters. The molecule has 0 aromatic heterocycles. The molecule has 1 aromatic carbocycles. The second-order valence-corrected chi connectivity index (χ2v) is 3.68. The van der Waals surface area contributed by atoms with Gasteiger partial charge in [0.15, 0.2) is 0 Å². The summed E-state index contributed by atoms with van der Waals surface area (Å²) in [6.07, 6.45) is 0. The number of carbonyl (C=O) groups is 1. The summed E-state index contributed by atoms with van der Waals surface area (Å²) in [6, 6.07) is 5.82. The predicted octanol–water partition coefficient (Wildman–Crippen LogP) is 1.70. The number of hydrogen-bond acceptors (Lipinski definition) is 4. The minimum atomic E-state index is -0.308. The summed E-state index contributed by atoms with van der Waals surface area (Å²) in [5.74, 6) is -0.308. The van der Waals surface area contributed by atoms with Crippen LogP contribution in [-0.2, 0) is 4.74 Å². The van der Waals surface area contributed by atoms with E-state index in [-0.39, 0.29) is 5.97 Å². The first-order valence-corrected chi connectivity index (χ1v) is 4.93. The van der Waals surface area contributed by atoms with Crippen molar-refractivity contribution < 1.29 is 9.53 Å². The third-order valence-electron chi connectivity index (χ3n) is 2.44. The van der Waals surface area contributed by atoms with Crippen LogP contribution in [0, 0.1) is 0 Å². The number of esters is 1. The molecule has 15 heavy (non-hydrogen) atoms. The third kappa shape index (κ3) is 1.88. The van der Waals surface area contributed by atoms with Crippen LogP contribution in [0.1, 0.15) is 17.3 Å². The summed E-state index contributed by atoms with van der Waals surface area (Å²) in [7, 11) is 1.39. The maximum atomic E-state index is 11.3. The van der Waals surface area contributed by atoms with Gasteiger partial charge >= 0.3 is 5.97 Å². The predicted molar refractivity (Wildman–Crippen MR) is 59.4 cm³/mol. The standard InChI is InChI=1S/C11H14N2O2/c1-7-6-12-9-4-3-8(11(14)15-2)5-10(9)13-7/h3-5,7,12-13H,6H2,1-2H3. The summed E-state index contributed by atoms with van der Waals surface area (Å²) >= 11 is 0. The minimum Gasteiger partial charge on any atom is -0.465 e. The second kappa shape index (κ2) is 3.81. The molecule has 4 nitrogen and oxygen atoms in total. The molecule has 0 spiro atoms. The molecule has 4 heteroatoms. The van der Waals surface area contributed by atoms with Gasteiger partial charge in [-0.15, -0.1) is 0 Å². The number of carbonyl (C=O) groups excluding carboxylic acids is 1. The van der Waals surface area contributed by atoms with E-state index in [0.717, 1.165) is 17.9 Å². The summed E-state index contributed by atoms with van der Waals surface area (Å²) in [5.41, 5.74) is 2.55. The van der Waals surface area contributed by atoms with Crippen LogP contribution in [0.4, 0.5) is 11.4 Å².